The molecule has 1 aliphatic rings. The summed E-state index contributed by atoms with van der Waals surface area (Å²) in [6.07, 6.45) is 3.68. The Labute approximate surface area is 140 Å². The average molecular weight is 326 g/mol. The van der Waals surface area contributed by atoms with Crippen LogP contribution in [0.5, 0.6) is 0 Å². The van der Waals surface area contributed by atoms with Crippen molar-refractivity contribution >= 4 is 29.3 Å². The number of amides is 1. The summed E-state index contributed by atoms with van der Waals surface area (Å²) >= 11 is 5.36. The first kappa shape index (κ1) is 15.4. The van der Waals surface area contributed by atoms with E-state index in [0.717, 1.165) is 16.8 Å². The molecule has 6 heteroatoms. The number of thiocarbonyl (C=S) groups is 1. The van der Waals surface area contributed by atoms with Gasteiger partial charge in [0, 0.05) is 18.8 Å². The number of aromatic nitrogens is 2. The first-order valence-electron chi connectivity index (χ1n) is 7.39. The quantitative estimate of drug-likeness (QED) is 0.696. The van der Waals surface area contributed by atoms with Crippen LogP contribution >= 0.6 is 12.2 Å². The fraction of sp³-hybridized carbons (Fsp3) is 0.235. The van der Waals surface area contributed by atoms with Crippen LogP contribution in [0, 0.1) is 6.92 Å². The maximum Gasteiger partial charge on any atom is 0.277 e. The number of hydrogen-bond donors (Lipinski definition) is 1. The number of rotatable bonds is 3. The van der Waals surface area contributed by atoms with E-state index in [4.69, 9.17) is 12.2 Å². The van der Waals surface area contributed by atoms with E-state index in [1.54, 1.807) is 15.7 Å². The van der Waals surface area contributed by atoms with Gasteiger partial charge in [0.15, 0.2) is 5.11 Å². The van der Waals surface area contributed by atoms with E-state index >= 15 is 0 Å². The van der Waals surface area contributed by atoms with Crippen molar-refractivity contribution in [2.24, 2.45) is 7.05 Å². The van der Waals surface area contributed by atoms with E-state index in [0.29, 0.717) is 10.8 Å². The monoisotopic (exact) mass is 326 g/mol. The topological polar surface area (TPSA) is 50.2 Å². The highest BCUT2D eigenvalue weighted by molar-refractivity contribution is 7.80. The van der Waals surface area contributed by atoms with Crippen molar-refractivity contribution in [3.63, 3.8) is 0 Å². The van der Waals surface area contributed by atoms with E-state index in [1.807, 2.05) is 57.4 Å². The molecule has 1 amide bonds. The molecule has 1 aliphatic heterocycles. The van der Waals surface area contributed by atoms with Gasteiger partial charge in [0.2, 0.25) is 0 Å². The van der Waals surface area contributed by atoms with Gasteiger partial charge in [0.1, 0.15) is 5.70 Å². The summed E-state index contributed by atoms with van der Waals surface area (Å²) in [5.74, 6) is -0.116. The third-order valence-corrected chi connectivity index (χ3v) is 4.23. The molecule has 23 heavy (non-hydrogen) atoms. The molecule has 2 aromatic rings. The Kier molecular flexibility index (Phi) is 4.00. The van der Waals surface area contributed by atoms with Crippen molar-refractivity contribution in [1.82, 2.24) is 20.0 Å². The normalized spacial score (nSPS) is 17.7. The second-order valence-corrected chi connectivity index (χ2v) is 5.98. The predicted molar refractivity (Wildman–Crippen MR) is 93.4 cm³/mol. The van der Waals surface area contributed by atoms with Crippen LogP contribution in [0.3, 0.4) is 0 Å². The molecule has 0 radical (unpaired) electrons. The number of nitrogens with zero attached hydrogens (tertiary/aromatic N) is 3. The van der Waals surface area contributed by atoms with Crippen molar-refractivity contribution in [3.05, 3.63) is 59.0 Å². The highest BCUT2D eigenvalue weighted by atomic mass is 32.1. The average Bonchev–Trinajstić information content (AvgIpc) is 2.99. The summed E-state index contributed by atoms with van der Waals surface area (Å²) in [6.45, 7) is 3.88. The maximum absolute atomic E-state index is 12.7. The minimum atomic E-state index is -0.121. The number of carbonyl (C=O) groups excluding carboxylic acids is 1. The summed E-state index contributed by atoms with van der Waals surface area (Å²) in [5, 5.41) is 7.74. The number of nitrogens with one attached hydrogen (secondary N) is 1. The molecule has 0 spiro atoms. The van der Waals surface area contributed by atoms with E-state index < -0.39 is 0 Å². The van der Waals surface area contributed by atoms with Gasteiger partial charge in [-0.05, 0) is 37.7 Å². The second kappa shape index (κ2) is 5.96. The molecule has 3 rings (SSSR count). The molecule has 0 saturated carbocycles. The lowest BCUT2D eigenvalue weighted by Crippen LogP contribution is -2.33. The van der Waals surface area contributed by atoms with Gasteiger partial charge in [-0.3, -0.25) is 14.4 Å². The summed E-state index contributed by atoms with van der Waals surface area (Å²) in [4.78, 5) is 14.3. The standard InChI is InChI=1S/C17H18N4OS/c1-11-14(10-20(3)19-11)9-15-16(22)21(17(23)18-15)12(2)13-7-5-4-6-8-13/h4-10,12H,1-3H3,(H,18,23)/b15-9-. The number of aryl methyl sites for hydroxylation is 2. The number of benzene rings is 1. The largest absolute Gasteiger partial charge is 0.328 e. The van der Waals surface area contributed by atoms with Crippen molar-refractivity contribution < 1.29 is 4.79 Å². The molecule has 1 atom stereocenters. The third kappa shape index (κ3) is 2.90. The summed E-state index contributed by atoms with van der Waals surface area (Å²) < 4.78 is 1.73. The first-order valence-corrected chi connectivity index (χ1v) is 7.79. The van der Waals surface area contributed by atoms with Gasteiger partial charge in [-0.2, -0.15) is 5.10 Å². The zero-order valence-electron chi connectivity index (χ0n) is 13.3. The highest BCUT2D eigenvalue weighted by Gasteiger charge is 2.34. The fourth-order valence-electron chi connectivity index (χ4n) is 2.70. The van der Waals surface area contributed by atoms with Gasteiger partial charge in [0.05, 0.1) is 11.7 Å². The highest BCUT2D eigenvalue weighted by Crippen LogP contribution is 2.26. The second-order valence-electron chi connectivity index (χ2n) is 5.59. The molecular formula is C17H18N4OS. The Morgan fingerprint density at radius 2 is 2.00 bits per heavy atom. The Morgan fingerprint density at radius 3 is 2.61 bits per heavy atom. The smallest absolute Gasteiger partial charge is 0.277 e. The maximum atomic E-state index is 12.7. The van der Waals surface area contributed by atoms with Gasteiger partial charge in [-0.15, -0.1) is 0 Å². The Bertz CT molecular complexity index is 794. The molecule has 1 unspecified atom stereocenters. The lowest BCUT2D eigenvalue weighted by molar-refractivity contribution is -0.123. The van der Waals surface area contributed by atoms with Crippen molar-refractivity contribution in [2.45, 2.75) is 19.9 Å². The van der Waals surface area contributed by atoms with Crippen LogP contribution in [0.4, 0.5) is 0 Å². The summed E-state index contributed by atoms with van der Waals surface area (Å²) in [5.41, 5.74) is 3.30. The molecule has 118 valence electrons. The van der Waals surface area contributed by atoms with Crippen LogP contribution in [0.2, 0.25) is 0 Å². The molecular weight excluding hydrogens is 308 g/mol. The van der Waals surface area contributed by atoms with Gasteiger partial charge in [0.25, 0.3) is 5.91 Å². The van der Waals surface area contributed by atoms with Crippen LogP contribution < -0.4 is 5.32 Å². The van der Waals surface area contributed by atoms with Crippen LogP contribution in [-0.2, 0) is 11.8 Å². The number of carbonyl (C=O) groups is 1. The van der Waals surface area contributed by atoms with Gasteiger partial charge in [-0.25, -0.2) is 0 Å². The molecule has 1 saturated heterocycles. The minimum absolute atomic E-state index is 0.116. The van der Waals surface area contributed by atoms with Gasteiger partial charge < -0.3 is 5.32 Å². The molecule has 1 aromatic heterocycles. The van der Waals surface area contributed by atoms with Crippen molar-refractivity contribution in [1.29, 1.82) is 0 Å². The lowest BCUT2D eigenvalue weighted by Gasteiger charge is -2.23. The summed E-state index contributed by atoms with van der Waals surface area (Å²) in [6, 6.07) is 9.73. The van der Waals surface area contributed by atoms with E-state index in [-0.39, 0.29) is 11.9 Å². The SMILES string of the molecule is Cc1nn(C)cc1/C=C1\NC(=S)N(C(C)c2ccccc2)C1=O. The molecule has 5 nitrogen and oxygen atoms in total. The third-order valence-electron chi connectivity index (χ3n) is 3.93. The van der Waals surface area contributed by atoms with E-state index in [1.165, 1.54) is 0 Å². The Morgan fingerprint density at radius 1 is 1.30 bits per heavy atom. The van der Waals surface area contributed by atoms with E-state index in [2.05, 4.69) is 10.4 Å². The van der Waals surface area contributed by atoms with Crippen LogP contribution in [0.1, 0.15) is 29.8 Å². The van der Waals surface area contributed by atoms with Crippen LogP contribution in [-0.4, -0.2) is 25.7 Å². The number of hydrogen-bond acceptors (Lipinski definition) is 3. The van der Waals surface area contributed by atoms with E-state index in [9.17, 15) is 4.79 Å². The molecule has 0 aliphatic carbocycles. The molecule has 1 N–H and O–H groups in total. The predicted octanol–water partition coefficient (Wildman–Crippen LogP) is 2.55. The van der Waals surface area contributed by atoms with Crippen molar-refractivity contribution in [2.75, 3.05) is 0 Å². The van der Waals surface area contributed by atoms with Gasteiger partial charge in [-0.1, -0.05) is 30.3 Å². The van der Waals surface area contributed by atoms with Crippen LogP contribution in [0.25, 0.3) is 6.08 Å². The van der Waals surface area contributed by atoms with Crippen LogP contribution in [0.15, 0.2) is 42.2 Å². The minimum Gasteiger partial charge on any atom is -0.328 e. The van der Waals surface area contributed by atoms with Gasteiger partial charge >= 0.3 is 0 Å². The Hall–Kier alpha value is -2.47. The van der Waals surface area contributed by atoms with Crippen molar-refractivity contribution in [3.8, 4) is 0 Å². The summed E-state index contributed by atoms with van der Waals surface area (Å²) in [7, 11) is 1.85. The zero-order valence-corrected chi connectivity index (χ0v) is 14.1. The zero-order chi connectivity index (χ0) is 16.6. The molecule has 1 aromatic carbocycles. The fourth-order valence-corrected chi connectivity index (χ4v) is 3.05. The lowest BCUT2D eigenvalue weighted by atomic mass is 10.1. The Balaban J connectivity index is 1.90. The molecule has 2 heterocycles. The molecule has 0 bridgehead atoms. The molecule has 1 fully saturated rings. The first-order chi connectivity index (χ1) is 11.0.